The first kappa shape index (κ1) is 15.3. The summed E-state index contributed by atoms with van der Waals surface area (Å²) in [5.74, 6) is 0.864. The Bertz CT molecular complexity index is 744. The molecule has 0 saturated heterocycles. The Morgan fingerprint density at radius 1 is 1.24 bits per heavy atom. The first-order valence-corrected chi connectivity index (χ1v) is 9.57. The van der Waals surface area contributed by atoms with Crippen molar-refractivity contribution in [1.29, 1.82) is 0 Å². The summed E-state index contributed by atoms with van der Waals surface area (Å²) in [7, 11) is -3.54. The lowest BCUT2D eigenvalue weighted by atomic mass is 10.3. The van der Waals surface area contributed by atoms with Gasteiger partial charge < -0.3 is 0 Å². The molecule has 2 atom stereocenters. The maximum absolute atomic E-state index is 12.2. The zero-order chi connectivity index (χ0) is 15.0. The largest absolute Gasteiger partial charge is 0.240 e. The lowest BCUT2D eigenvalue weighted by molar-refractivity contribution is 0.576. The van der Waals surface area contributed by atoms with Crippen molar-refractivity contribution in [3.8, 4) is 0 Å². The van der Waals surface area contributed by atoms with Crippen molar-refractivity contribution >= 4 is 44.6 Å². The average molecular weight is 362 g/mol. The number of hydrogen-bond donors (Lipinski definition) is 1. The highest BCUT2D eigenvalue weighted by atomic mass is 35.5. The summed E-state index contributed by atoms with van der Waals surface area (Å²) in [6.45, 7) is 0.450. The van der Waals surface area contributed by atoms with Gasteiger partial charge in [-0.25, -0.2) is 13.1 Å². The van der Waals surface area contributed by atoms with E-state index in [1.165, 1.54) is 23.1 Å². The van der Waals surface area contributed by atoms with E-state index in [2.05, 4.69) is 10.8 Å². The van der Waals surface area contributed by atoms with Crippen molar-refractivity contribution in [2.75, 3.05) is 6.54 Å². The highest BCUT2D eigenvalue weighted by Gasteiger charge is 2.39. The van der Waals surface area contributed by atoms with Crippen LogP contribution in [-0.4, -0.2) is 15.0 Å². The molecular formula is C14H13Cl2NO2S2. The van der Waals surface area contributed by atoms with E-state index >= 15 is 0 Å². The third-order valence-electron chi connectivity index (χ3n) is 3.57. The Balaban J connectivity index is 1.63. The first-order valence-electron chi connectivity index (χ1n) is 6.45. The molecule has 1 heterocycles. The smallest absolute Gasteiger partial charge is 0.211 e. The summed E-state index contributed by atoms with van der Waals surface area (Å²) in [6.07, 6.45) is 1.03. The standard InChI is InChI=1S/C14H13Cl2NO2S2/c15-12-4-3-10(7-13(12)16)21(18,19)17-8-9-6-11(9)14-2-1-5-20-14/h1-5,7,9,11,17H,6,8H2. The van der Waals surface area contributed by atoms with Crippen LogP contribution in [0.5, 0.6) is 0 Å². The second kappa shape index (κ2) is 5.89. The molecule has 0 spiro atoms. The quantitative estimate of drug-likeness (QED) is 0.869. The van der Waals surface area contributed by atoms with E-state index < -0.39 is 10.0 Å². The maximum Gasteiger partial charge on any atom is 0.240 e. The zero-order valence-corrected chi connectivity index (χ0v) is 14.1. The van der Waals surface area contributed by atoms with Crippen molar-refractivity contribution in [3.05, 3.63) is 50.6 Å². The summed E-state index contributed by atoms with van der Waals surface area (Å²) < 4.78 is 27.1. The van der Waals surface area contributed by atoms with Gasteiger partial charge in [0.05, 0.1) is 14.9 Å². The average Bonchev–Trinajstić information content (AvgIpc) is 3.02. The molecule has 0 bridgehead atoms. The monoisotopic (exact) mass is 361 g/mol. The fourth-order valence-corrected chi connectivity index (χ4v) is 4.69. The van der Waals surface area contributed by atoms with Gasteiger partial charge in [-0.15, -0.1) is 11.3 Å². The number of nitrogens with one attached hydrogen (secondary N) is 1. The van der Waals surface area contributed by atoms with Crippen molar-refractivity contribution < 1.29 is 8.42 Å². The second-order valence-electron chi connectivity index (χ2n) is 5.05. The van der Waals surface area contributed by atoms with E-state index in [9.17, 15) is 8.42 Å². The van der Waals surface area contributed by atoms with Gasteiger partial charge in [0.2, 0.25) is 10.0 Å². The molecule has 1 saturated carbocycles. The number of hydrogen-bond acceptors (Lipinski definition) is 3. The number of halogens is 2. The molecule has 7 heteroatoms. The SMILES string of the molecule is O=S(=O)(NCC1CC1c1cccs1)c1ccc(Cl)c(Cl)c1. The van der Waals surface area contributed by atoms with Gasteiger partial charge in [-0.3, -0.25) is 0 Å². The molecule has 1 aliphatic rings. The predicted octanol–water partition coefficient (Wildman–Crippen LogP) is 4.14. The normalized spacial score (nSPS) is 21.4. The molecule has 2 aromatic rings. The van der Waals surface area contributed by atoms with Crippen molar-refractivity contribution in [3.63, 3.8) is 0 Å². The van der Waals surface area contributed by atoms with E-state index in [1.807, 2.05) is 11.4 Å². The van der Waals surface area contributed by atoms with Gasteiger partial charge in [0, 0.05) is 11.4 Å². The Kier molecular flexibility index (Phi) is 4.30. The maximum atomic E-state index is 12.2. The van der Waals surface area contributed by atoms with Crippen LogP contribution in [0, 0.1) is 5.92 Å². The third kappa shape index (κ3) is 3.43. The van der Waals surface area contributed by atoms with Crippen LogP contribution >= 0.6 is 34.5 Å². The van der Waals surface area contributed by atoms with E-state index in [-0.39, 0.29) is 9.92 Å². The highest BCUT2D eigenvalue weighted by Crippen LogP contribution is 2.48. The van der Waals surface area contributed by atoms with Crippen LogP contribution in [0.15, 0.2) is 40.6 Å². The molecule has 1 N–H and O–H groups in total. The number of benzene rings is 1. The summed E-state index contributed by atoms with van der Waals surface area (Å²) in [5, 5.41) is 2.63. The van der Waals surface area contributed by atoms with E-state index in [0.29, 0.717) is 23.4 Å². The number of thiophene rings is 1. The number of sulfonamides is 1. The fraction of sp³-hybridized carbons (Fsp3) is 0.286. The molecule has 0 amide bonds. The summed E-state index contributed by atoms with van der Waals surface area (Å²) >= 11 is 13.4. The van der Waals surface area contributed by atoms with Gasteiger partial charge in [-0.05, 0) is 47.9 Å². The molecule has 1 aliphatic carbocycles. The summed E-state index contributed by atoms with van der Waals surface area (Å²) in [6, 6.07) is 8.44. The van der Waals surface area contributed by atoms with Crippen molar-refractivity contribution in [2.24, 2.45) is 5.92 Å². The van der Waals surface area contributed by atoms with Gasteiger partial charge in [-0.1, -0.05) is 29.3 Å². The van der Waals surface area contributed by atoms with Gasteiger partial charge in [0.15, 0.2) is 0 Å². The van der Waals surface area contributed by atoms with Gasteiger partial charge in [-0.2, -0.15) is 0 Å². The van der Waals surface area contributed by atoms with E-state index in [1.54, 1.807) is 11.3 Å². The minimum absolute atomic E-state index is 0.144. The van der Waals surface area contributed by atoms with Gasteiger partial charge >= 0.3 is 0 Å². The van der Waals surface area contributed by atoms with Crippen molar-refractivity contribution in [2.45, 2.75) is 17.2 Å². The molecule has 0 aliphatic heterocycles. The fourth-order valence-electron chi connectivity index (χ4n) is 2.27. The van der Waals surface area contributed by atoms with Crippen LogP contribution in [0.3, 0.4) is 0 Å². The second-order valence-corrected chi connectivity index (χ2v) is 8.61. The molecule has 0 radical (unpaired) electrons. The molecule has 3 nitrogen and oxygen atoms in total. The van der Waals surface area contributed by atoms with Crippen molar-refractivity contribution in [1.82, 2.24) is 4.72 Å². The minimum Gasteiger partial charge on any atom is -0.211 e. The third-order valence-corrected chi connectivity index (χ3v) is 6.73. The Morgan fingerprint density at radius 2 is 2.05 bits per heavy atom. The summed E-state index contributed by atoms with van der Waals surface area (Å²) in [4.78, 5) is 1.47. The molecular weight excluding hydrogens is 349 g/mol. The van der Waals surface area contributed by atoms with Crippen LogP contribution in [-0.2, 0) is 10.0 Å². The Hall–Kier alpha value is -0.590. The highest BCUT2D eigenvalue weighted by molar-refractivity contribution is 7.89. The van der Waals surface area contributed by atoms with Crippen LogP contribution in [0.2, 0.25) is 10.0 Å². The predicted molar refractivity (Wildman–Crippen MR) is 86.8 cm³/mol. The molecule has 21 heavy (non-hydrogen) atoms. The van der Waals surface area contributed by atoms with Crippen LogP contribution in [0.25, 0.3) is 0 Å². The minimum atomic E-state index is -3.54. The first-order chi connectivity index (χ1) is 9.97. The van der Waals surface area contributed by atoms with Crippen LogP contribution in [0.1, 0.15) is 17.2 Å². The topological polar surface area (TPSA) is 46.2 Å². The lowest BCUT2D eigenvalue weighted by Crippen LogP contribution is -2.26. The van der Waals surface area contributed by atoms with E-state index in [0.717, 1.165) is 6.42 Å². The van der Waals surface area contributed by atoms with Gasteiger partial charge in [0.1, 0.15) is 0 Å². The summed E-state index contributed by atoms with van der Waals surface area (Å²) in [5.41, 5.74) is 0. The van der Waals surface area contributed by atoms with Gasteiger partial charge in [0.25, 0.3) is 0 Å². The molecule has 3 rings (SSSR count). The molecule has 112 valence electrons. The molecule has 1 aromatic heterocycles. The van der Waals surface area contributed by atoms with E-state index in [4.69, 9.17) is 23.2 Å². The molecule has 2 unspecified atom stereocenters. The number of rotatable bonds is 5. The Labute approximate surface area is 137 Å². The van der Waals surface area contributed by atoms with Crippen LogP contribution in [0.4, 0.5) is 0 Å². The molecule has 1 aromatic carbocycles. The zero-order valence-electron chi connectivity index (χ0n) is 10.9. The molecule has 1 fully saturated rings. The Morgan fingerprint density at radius 3 is 2.71 bits per heavy atom. The lowest BCUT2D eigenvalue weighted by Gasteiger charge is -2.07. The van der Waals surface area contributed by atoms with Crippen LogP contribution < -0.4 is 4.72 Å².